The quantitative estimate of drug-likeness (QED) is 0.387. The summed E-state index contributed by atoms with van der Waals surface area (Å²) in [7, 11) is 0. The molecule has 0 saturated carbocycles. The van der Waals surface area contributed by atoms with E-state index >= 15 is 0 Å². The largest absolute Gasteiger partial charge is 0.376 e. The summed E-state index contributed by atoms with van der Waals surface area (Å²) in [6, 6.07) is 6.64. The molecule has 3 rings (SSSR count). The molecule has 2 heterocycles. The topological polar surface area (TPSA) is 102 Å². The SMILES string of the molecule is CCCCNC(=O)NC(=O)CSc1nc2ccccc2c(=O)n1C[C@@H]1CCCO1. The Bertz CT molecular complexity index is 924. The predicted molar refractivity (Wildman–Crippen MR) is 112 cm³/mol. The lowest BCUT2D eigenvalue weighted by Crippen LogP contribution is -2.40. The number of nitrogens with zero attached hydrogens (tertiary/aromatic N) is 2. The van der Waals surface area contributed by atoms with Crippen LogP contribution in [0.3, 0.4) is 0 Å². The first-order valence-electron chi connectivity index (χ1n) is 9.90. The Morgan fingerprint density at radius 3 is 2.93 bits per heavy atom. The highest BCUT2D eigenvalue weighted by Gasteiger charge is 2.21. The number of benzene rings is 1. The van der Waals surface area contributed by atoms with Gasteiger partial charge in [-0.3, -0.25) is 19.5 Å². The molecule has 3 amide bonds. The molecule has 0 aliphatic carbocycles. The molecule has 1 saturated heterocycles. The van der Waals surface area contributed by atoms with Crippen molar-refractivity contribution in [3.05, 3.63) is 34.6 Å². The lowest BCUT2D eigenvalue weighted by Gasteiger charge is -2.16. The minimum Gasteiger partial charge on any atom is -0.376 e. The van der Waals surface area contributed by atoms with E-state index in [1.54, 1.807) is 22.8 Å². The third-order valence-corrected chi connectivity index (χ3v) is 5.61. The molecule has 0 spiro atoms. The van der Waals surface area contributed by atoms with Gasteiger partial charge >= 0.3 is 6.03 Å². The highest BCUT2D eigenvalue weighted by molar-refractivity contribution is 7.99. The summed E-state index contributed by atoms with van der Waals surface area (Å²) in [6.07, 6.45) is 3.64. The van der Waals surface area contributed by atoms with E-state index in [0.717, 1.165) is 37.4 Å². The van der Waals surface area contributed by atoms with Gasteiger partial charge in [0.2, 0.25) is 5.91 Å². The molecule has 1 aliphatic rings. The van der Waals surface area contributed by atoms with E-state index in [1.807, 2.05) is 13.0 Å². The summed E-state index contributed by atoms with van der Waals surface area (Å²) < 4.78 is 7.26. The average Bonchev–Trinajstić information content (AvgIpc) is 3.22. The zero-order chi connectivity index (χ0) is 20.6. The van der Waals surface area contributed by atoms with Crippen LogP contribution in [0.5, 0.6) is 0 Å². The number of hydrogen-bond donors (Lipinski definition) is 2. The van der Waals surface area contributed by atoms with Crippen molar-refractivity contribution >= 4 is 34.6 Å². The maximum absolute atomic E-state index is 13.0. The number of amides is 3. The van der Waals surface area contributed by atoms with E-state index in [9.17, 15) is 14.4 Å². The molecule has 1 atom stereocenters. The summed E-state index contributed by atoms with van der Waals surface area (Å²) in [5.74, 6) is -0.451. The number of rotatable bonds is 8. The Labute approximate surface area is 173 Å². The third kappa shape index (κ3) is 5.80. The van der Waals surface area contributed by atoms with Crippen molar-refractivity contribution in [1.82, 2.24) is 20.2 Å². The zero-order valence-electron chi connectivity index (χ0n) is 16.5. The van der Waals surface area contributed by atoms with Crippen molar-refractivity contribution in [2.45, 2.75) is 50.4 Å². The number of imide groups is 1. The van der Waals surface area contributed by atoms with Gasteiger partial charge in [0.25, 0.3) is 5.56 Å². The van der Waals surface area contributed by atoms with E-state index < -0.39 is 11.9 Å². The maximum atomic E-state index is 13.0. The van der Waals surface area contributed by atoms with E-state index in [2.05, 4.69) is 15.6 Å². The van der Waals surface area contributed by atoms with E-state index in [4.69, 9.17) is 4.74 Å². The number of carbonyl (C=O) groups is 2. The number of para-hydroxylation sites is 1. The summed E-state index contributed by atoms with van der Waals surface area (Å²) in [4.78, 5) is 41.4. The lowest BCUT2D eigenvalue weighted by molar-refractivity contribution is -0.117. The van der Waals surface area contributed by atoms with Crippen LogP contribution in [0.25, 0.3) is 10.9 Å². The van der Waals surface area contributed by atoms with Gasteiger partial charge < -0.3 is 10.1 Å². The van der Waals surface area contributed by atoms with E-state index in [-0.39, 0.29) is 17.4 Å². The van der Waals surface area contributed by atoms with Crippen molar-refractivity contribution in [3.63, 3.8) is 0 Å². The monoisotopic (exact) mass is 418 g/mol. The fraction of sp³-hybridized carbons (Fsp3) is 0.500. The summed E-state index contributed by atoms with van der Waals surface area (Å²) >= 11 is 1.14. The van der Waals surface area contributed by atoms with Gasteiger partial charge in [-0.05, 0) is 31.4 Å². The highest BCUT2D eigenvalue weighted by Crippen LogP contribution is 2.20. The van der Waals surface area contributed by atoms with Crippen LogP contribution < -0.4 is 16.2 Å². The molecule has 0 unspecified atom stereocenters. The highest BCUT2D eigenvalue weighted by atomic mass is 32.2. The van der Waals surface area contributed by atoms with Crippen LogP contribution in [0.2, 0.25) is 0 Å². The van der Waals surface area contributed by atoms with E-state index in [1.165, 1.54) is 0 Å². The average molecular weight is 419 g/mol. The van der Waals surface area contributed by atoms with Crippen LogP contribution >= 0.6 is 11.8 Å². The van der Waals surface area contributed by atoms with Crippen molar-refractivity contribution in [2.75, 3.05) is 18.9 Å². The maximum Gasteiger partial charge on any atom is 0.321 e. The predicted octanol–water partition coefficient (Wildman–Crippen LogP) is 2.29. The molecule has 29 heavy (non-hydrogen) atoms. The Kier molecular flexibility index (Phi) is 7.65. The molecule has 1 fully saturated rings. The number of nitrogens with one attached hydrogen (secondary N) is 2. The minimum absolute atomic E-state index is 0.0164. The van der Waals surface area contributed by atoms with Crippen molar-refractivity contribution in [1.29, 1.82) is 0 Å². The second-order valence-corrected chi connectivity index (χ2v) is 7.85. The molecule has 0 radical (unpaired) electrons. The number of ether oxygens (including phenoxy) is 1. The molecule has 1 aliphatic heterocycles. The number of thioether (sulfide) groups is 1. The first kappa shape index (κ1) is 21.3. The van der Waals surface area contributed by atoms with Crippen LogP contribution in [-0.4, -0.2) is 46.5 Å². The summed E-state index contributed by atoms with van der Waals surface area (Å²) in [6.45, 7) is 3.64. The van der Waals surface area contributed by atoms with Gasteiger partial charge in [0.05, 0.1) is 29.3 Å². The number of carbonyl (C=O) groups excluding carboxylic acids is 2. The van der Waals surface area contributed by atoms with Gasteiger partial charge in [-0.25, -0.2) is 9.78 Å². The van der Waals surface area contributed by atoms with Crippen LogP contribution in [0.1, 0.15) is 32.6 Å². The van der Waals surface area contributed by atoms with Gasteiger partial charge in [-0.2, -0.15) is 0 Å². The molecule has 1 aromatic heterocycles. The normalized spacial score (nSPS) is 16.1. The Balaban J connectivity index is 1.72. The fourth-order valence-corrected chi connectivity index (χ4v) is 3.94. The number of aromatic nitrogens is 2. The molecule has 8 nitrogen and oxygen atoms in total. The van der Waals surface area contributed by atoms with Crippen LogP contribution in [0.4, 0.5) is 4.79 Å². The summed E-state index contributed by atoms with van der Waals surface area (Å²) in [5.41, 5.74) is 0.438. The van der Waals surface area contributed by atoms with Gasteiger partial charge in [0.1, 0.15) is 0 Å². The molecule has 9 heteroatoms. The number of unbranched alkanes of at least 4 members (excludes halogenated alkanes) is 1. The Hall–Kier alpha value is -2.39. The second kappa shape index (κ2) is 10.4. The molecular formula is C20H26N4O4S. The molecule has 1 aromatic carbocycles. The van der Waals surface area contributed by atoms with Crippen molar-refractivity contribution in [2.24, 2.45) is 0 Å². The van der Waals surface area contributed by atoms with Gasteiger partial charge in [-0.15, -0.1) is 0 Å². The van der Waals surface area contributed by atoms with Crippen LogP contribution in [0.15, 0.2) is 34.2 Å². The van der Waals surface area contributed by atoms with Crippen LogP contribution in [-0.2, 0) is 16.1 Å². The standard InChI is InChI=1S/C20H26N4O4S/c1-2-3-10-21-19(27)23-17(25)13-29-20-22-16-9-5-4-8-15(16)18(26)24(20)12-14-7-6-11-28-14/h4-5,8-9,14H,2-3,6-7,10-13H2,1H3,(H2,21,23,25,27)/t14-/m0/s1. The molecule has 156 valence electrons. The van der Waals surface area contributed by atoms with Crippen molar-refractivity contribution in [3.8, 4) is 0 Å². The van der Waals surface area contributed by atoms with Crippen molar-refractivity contribution < 1.29 is 14.3 Å². The second-order valence-electron chi connectivity index (χ2n) is 6.91. The third-order valence-electron chi connectivity index (χ3n) is 4.64. The number of urea groups is 1. The molecule has 0 bridgehead atoms. The minimum atomic E-state index is -0.507. The van der Waals surface area contributed by atoms with Gasteiger partial charge in [0, 0.05) is 13.2 Å². The molecule has 2 N–H and O–H groups in total. The lowest BCUT2D eigenvalue weighted by atomic mass is 10.2. The first-order chi connectivity index (χ1) is 14.1. The van der Waals surface area contributed by atoms with E-state index in [0.29, 0.717) is 35.8 Å². The number of hydrogen-bond acceptors (Lipinski definition) is 6. The Morgan fingerprint density at radius 1 is 1.34 bits per heavy atom. The number of fused-ring (bicyclic) bond motifs is 1. The van der Waals surface area contributed by atoms with Crippen LogP contribution in [0, 0.1) is 0 Å². The van der Waals surface area contributed by atoms with Gasteiger partial charge in [0.15, 0.2) is 5.16 Å². The fourth-order valence-electron chi connectivity index (χ4n) is 3.13. The first-order valence-corrected chi connectivity index (χ1v) is 10.9. The Morgan fingerprint density at radius 2 is 2.17 bits per heavy atom. The molecule has 2 aromatic rings. The zero-order valence-corrected chi connectivity index (χ0v) is 17.3. The van der Waals surface area contributed by atoms with Gasteiger partial charge in [-0.1, -0.05) is 37.2 Å². The smallest absolute Gasteiger partial charge is 0.321 e. The molecular weight excluding hydrogens is 392 g/mol. The summed E-state index contributed by atoms with van der Waals surface area (Å²) in [5, 5.41) is 5.93.